The highest BCUT2D eigenvalue weighted by molar-refractivity contribution is 5.91. The van der Waals surface area contributed by atoms with E-state index in [1.54, 1.807) is 12.5 Å². The number of carbonyl (C=O) groups is 1. The Morgan fingerprint density at radius 3 is 2.73 bits per heavy atom. The number of rotatable bonds is 3. The van der Waals surface area contributed by atoms with Crippen molar-refractivity contribution >= 4 is 22.5 Å². The van der Waals surface area contributed by atoms with Crippen molar-refractivity contribution in [2.45, 2.75) is 12.3 Å². The van der Waals surface area contributed by atoms with Crippen LogP contribution in [0.25, 0.3) is 10.8 Å². The minimum atomic E-state index is 0.0880. The number of hydrogen-bond acceptors (Lipinski definition) is 5. The van der Waals surface area contributed by atoms with Crippen molar-refractivity contribution in [1.29, 1.82) is 0 Å². The van der Waals surface area contributed by atoms with Gasteiger partial charge in [0.2, 0.25) is 5.91 Å². The fourth-order valence-electron chi connectivity index (χ4n) is 3.90. The first-order valence-corrected chi connectivity index (χ1v) is 9.09. The molecule has 0 unspecified atom stereocenters. The highest BCUT2D eigenvalue weighted by atomic mass is 16.3. The number of fused-ring (bicyclic) bond motifs is 1. The third-order valence-corrected chi connectivity index (χ3v) is 5.46. The summed E-state index contributed by atoms with van der Waals surface area (Å²) < 4.78 is 5.45. The van der Waals surface area contributed by atoms with Crippen LogP contribution in [0, 0.1) is 5.92 Å². The number of nitrogens with zero attached hydrogens (tertiary/aromatic N) is 4. The fraction of sp³-hybridized carbons (Fsp3) is 0.350. The maximum atomic E-state index is 12.8. The molecular formula is C20H20N4O2. The van der Waals surface area contributed by atoms with Crippen LogP contribution in [0.15, 0.2) is 53.3 Å². The summed E-state index contributed by atoms with van der Waals surface area (Å²) in [6.45, 7) is 3.02. The molecule has 0 N–H and O–H groups in total. The quantitative estimate of drug-likeness (QED) is 0.728. The number of hydrogen-bond donors (Lipinski definition) is 0. The van der Waals surface area contributed by atoms with Crippen LogP contribution in [0.1, 0.15) is 18.1 Å². The molecule has 6 heteroatoms. The lowest BCUT2D eigenvalue weighted by molar-refractivity contribution is -0.133. The number of carbonyl (C=O) groups excluding carboxylic acids is 1. The highest BCUT2D eigenvalue weighted by Gasteiger charge is 2.47. The fourth-order valence-corrected chi connectivity index (χ4v) is 3.90. The molecule has 1 aliphatic heterocycles. The molecule has 2 aliphatic rings. The number of anilines is 1. The van der Waals surface area contributed by atoms with Crippen LogP contribution in [0.3, 0.4) is 0 Å². The number of amides is 1. The molecule has 0 bridgehead atoms. The smallest absolute Gasteiger partial charge is 0.226 e. The van der Waals surface area contributed by atoms with E-state index < -0.39 is 0 Å². The number of furan rings is 1. The summed E-state index contributed by atoms with van der Waals surface area (Å²) in [5.74, 6) is 2.46. The van der Waals surface area contributed by atoms with Gasteiger partial charge in [0, 0.05) is 48.8 Å². The average Bonchev–Trinajstić information content (AvgIpc) is 3.31. The van der Waals surface area contributed by atoms with Gasteiger partial charge in [0.25, 0.3) is 0 Å². The van der Waals surface area contributed by atoms with E-state index in [1.165, 1.54) is 0 Å². The highest BCUT2D eigenvalue weighted by Crippen LogP contribution is 2.48. The number of benzene rings is 1. The maximum absolute atomic E-state index is 12.8. The van der Waals surface area contributed by atoms with Gasteiger partial charge >= 0.3 is 0 Å². The Hall–Kier alpha value is -2.89. The van der Waals surface area contributed by atoms with E-state index in [0.29, 0.717) is 0 Å². The van der Waals surface area contributed by atoms with E-state index in [1.807, 2.05) is 29.2 Å². The molecule has 1 amide bonds. The minimum Gasteiger partial charge on any atom is -0.469 e. The van der Waals surface area contributed by atoms with Gasteiger partial charge in [0.05, 0.1) is 12.5 Å². The topological polar surface area (TPSA) is 62.5 Å². The van der Waals surface area contributed by atoms with Crippen molar-refractivity contribution in [3.8, 4) is 0 Å². The molecule has 6 nitrogen and oxygen atoms in total. The molecule has 1 saturated heterocycles. The van der Waals surface area contributed by atoms with E-state index in [0.717, 1.165) is 55.0 Å². The van der Waals surface area contributed by atoms with Crippen LogP contribution < -0.4 is 4.90 Å². The summed E-state index contributed by atoms with van der Waals surface area (Å²) in [6, 6.07) is 12.0. The standard InChI is InChI=1S/C20H20N4O2/c25-20(17-12-16(17)18-6-3-11-26-18)24-9-7-23(8-10-24)19-15-5-2-1-4-14(15)13-21-22-19/h1-6,11,13,16-17H,7-10,12H2/t16-,17-/m0/s1. The average molecular weight is 348 g/mol. The van der Waals surface area contributed by atoms with E-state index in [2.05, 4.69) is 27.2 Å². The van der Waals surface area contributed by atoms with Gasteiger partial charge in [0.1, 0.15) is 5.76 Å². The lowest BCUT2D eigenvalue weighted by atomic mass is 10.1. The van der Waals surface area contributed by atoms with Crippen LogP contribution >= 0.6 is 0 Å². The molecule has 132 valence electrons. The van der Waals surface area contributed by atoms with Gasteiger partial charge in [-0.25, -0.2) is 0 Å². The molecule has 5 rings (SSSR count). The Morgan fingerprint density at radius 2 is 1.92 bits per heavy atom. The van der Waals surface area contributed by atoms with Crippen LogP contribution in [-0.4, -0.2) is 47.2 Å². The van der Waals surface area contributed by atoms with Crippen LogP contribution in [-0.2, 0) is 4.79 Å². The molecule has 26 heavy (non-hydrogen) atoms. The first-order valence-electron chi connectivity index (χ1n) is 9.09. The first kappa shape index (κ1) is 15.4. The van der Waals surface area contributed by atoms with Crippen LogP contribution in [0.2, 0.25) is 0 Å². The molecule has 2 aromatic heterocycles. The van der Waals surface area contributed by atoms with Gasteiger partial charge in [-0.3, -0.25) is 4.79 Å². The Balaban J connectivity index is 1.26. The summed E-state index contributed by atoms with van der Waals surface area (Å²) >= 11 is 0. The maximum Gasteiger partial charge on any atom is 0.226 e. The lowest BCUT2D eigenvalue weighted by Gasteiger charge is -2.35. The molecule has 2 fully saturated rings. The number of aromatic nitrogens is 2. The second kappa shape index (κ2) is 6.12. The summed E-state index contributed by atoms with van der Waals surface area (Å²) in [5.41, 5.74) is 0. The Morgan fingerprint density at radius 1 is 1.08 bits per heavy atom. The van der Waals surface area contributed by atoms with Gasteiger partial charge < -0.3 is 14.2 Å². The predicted molar refractivity (Wildman–Crippen MR) is 97.9 cm³/mol. The van der Waals surface area contributed by atoms with Gasteiger partial charge in [-0.05, 0) is 18.6 Å². The van der Waals surface area contributed by atoms with E-state index >= 15 is 0 Å². The third kappa shape index (κ3) is 2.62. The summed E-state index contributed by atoms with van der Waals surface area (Å²) in [6.07, 6.45) is 4.38. The van der Waals surface area contributed by atoms with Crippen molar-refractivity contribution < 1.29 is 9.21 Å². The van der Waals surface area contributed by atoms with Crippen molar-refractivity contribution in [2.24, 2.45) is 5.92 Å². The summed E-state index contributed by atoms with van der Waals surface area (Å²) in [7, 11) is 0. The molecule has 3 aromatic rings. The molecular weight excluding hydrogens is 328 g/mol. The van der Waals surface area contributed by atoms with Gasteiger partial charge in [-0.1, -0.05) is 24.3 Å². The molecule has 1 aromatic carbocycles. The molecule has 0 radical (unpaired) electrons. The second-order valence-corrected chi connectivity index (χ2v) is 7.03. The zero-order chi connectivity index (χ0) is 17.5. The molecule has 2 atom stereocenters. The Labute approximate surface area is 151 Å². The second-order valence-electron chi connectivity index (χ2n) is 7.03. The van der Waals surface area contributed by atoms with Gasteiger partial charge in [-0.2, -0.15) is 5.10 Å². The van der Waals surface area contributed by atoms with Gasteiger partial charge in [0.15, 0.2) is 5.82 Å². The molecule has 1 saturated carbocycles. The van der Waals surface area contributed by atoms with Crippen LogP contribution in [0.4, 0.5) is 5.82 Å². The Bertz CT molecular complexity index is 927. The van der Waals surface area contributed by atoms with E-state index in [4.69, 9.17) is 4.42 Å². The zero-order valence-corrected chi connectivity index (χ0v) is 14.4. The molecule has 1 aliphatic carbocycles. The molecule has 3 heterocycles. The zero-order valence-electron chi connectivity index (χ0n) is 14.4. The predicted octanol–water partition coefficient (Wildman–Crippen LogP) is 2.68. The largest absolute Gasteiger partial charge is 0.469 e. The van der Waals surface area contributed by atoms with Crippen molar-refractivity contribution in [3.05, 3.63) is 54.6 Å². The van der Waals surface area contributed by atoms with Crippen molar-refractivity contribution in [1.82, 2.24) is 15.1 Å². The third-order valence-electron chi connectivity index (χ3n) is 5.46. The van der Waals surface area contributed by atoms with Crippen molar-refractivity contribution in [2.75, 3.05) is 31.1 Å². The normalized spacial score (nSPS) is 22.6. The monoisotopic (exact) mass is 348 g/mol. The molecule has 0 spiro atoms. The number of piperazine rings is 1. The summed E-state index contributed by atoms with van der Waals surface area (Å²) in [5, 5.41) is 10.7. The lowest BCUT2D eigenvalue weighted by Crippen LogP contribution is -2.49. The van der Waals surface area contributed by atoms with Crippen molar-refractivity contribution in [3.63, 3.8) is 0 Å². The SMILES string of the molecule is O=C([C@H]1C[C@@H]1c1ccco1)N1CCN(c2nncc3ccccc23)CC1. The van der Waals surface area contributed by atoms with Crippen LogP contribution in [0.5, 0.6) is 0 Å². The van der Waals surface area contributed by atoms with E-state index in [-0.39, 0.29) is 17.7 Å². The summed E-state index contributed by atoms with van der Waals surface area (Å²) in [4.78, 5) is 17.0. The van der Waals surface area contributed by atoms with E-state index in [9.17, 15) is 4.79 Å². The minimum absolute atomic E-state index is 0.0880. The first-order chi connectivity index (χ1) is 12.8. The van der Waals surface area contributed by atoms with Gasteiger partial charge in [-0.15, -0.1) is 5.10 Å². The Kier molecular flexibility index (Phi) is 3.62.